The first kappa shape index (κ1) is 9.80. The molecule has 0 aliphatic heterocycles. The van der Waals surface area contributed by atoms with Crippen molar-refractivity contribution in [3.05, 3.63) is 29.0 Å². The van der Waals surface area contributed by atoms with E-state index in [1.165, 1.54) is 25.1 Å². The van der Waals surface area contributed by atoms with E-state index in [1.807, 2.05) is 0 Å². The zero-order valence-corrected chi connectivity index (χ0v) is 7.56. The van der Waals surface area contributed by atoms with Gasteiger partial charge < -0.3 is 4.84 Å². The summed E-state index contributed by atoms with van der Waals surface area (Å²) in [4.78, 5) is 14.8. The summed E-state index contributed by atoms with van der Waals surface area (Å²) in [6, 6.07) is 3.90. The Hall–Kier alpha value is -1.29. The van der Waals surface area contributed by atoms with Gasteiger partial charge in [-0.25, -0.2) is 9.87 Å². The fraction of sp³-hybridized carbons (Fsp3) is 0.125. The molecule has 0 aromatic heterocycles. The lowest BCUT2D eigenvalue weighted by Crippen LogP contribution is -2.05. The summed E-state index contributed by atoms with van der Waals surface area (Å²) < 4.78 is 12.6. The van der Waals surface area contributed by atoms with Gasteiger partial charge in [-0.2, -0.15) is 0 Å². The molecule has 0 heterocycles. The highest BCUT2D eigenvalue weighted by molar-refractivity contribution is 6.31. The van der Waals surface area contributed by atoms with Gasteiger partial charge in [0, 0.05) is 6.92 Å². The van der Waals surface area contributed by atoms with Crippen LogP contribution in [0.15, 0.2) is 18.2 Å². The topological polar surface area (TPSA) is 38.3 Å². The van der Waals surface area contributed by atoms with E-state index in [2.05, 4.69) is 10.3 Å². The molecule has 1 aromatic rings. The van der Waals surface area contributed by atoms with E-state index < -0.39 is 11.8 Å². The number of benzene rings is 1. The second kappa shape index (κ2) is 4.09. The number of hydrogen-bond acceptors (Lipinski definition) is 3. The van der Waals surface area contributed by atoms with Crippen LogP contribution >= 0.6 is 11.6 Å². The van der Waals surface area contributed by atoms with Crippen LogP contribution in [0.4, 0.5) is 10.1 Å². The van der Waals surface area contributed by atoms with Gasteiger partial charge in [0.05, 0.1) is 10.7 Å². The summed E-state index contributed by atoms with van der Waals surface area (Å²) in [5, 5.41) is -0.0304. The molecule has 1 aromatic carbocycles. The van der Waals surface area contributed by atoms with Crippen molar-refractivity contribution >= 4 is 23.3 Å². The number of anilines is 1. The zero-order chi connectivity index (χ0) is 9.84. The third kappa shape index (κ3) is 2.91. The quantitative estimate of drug-likeness (QED) is 0.750. The van der Waals surface area contributed by atoms with Crippen LogP contribution in [0.2, 0.25) is 5.02 Å². The number of hydrogen-bond donors (Lipinski definition) is 1. The van der Waals surface area contributed by atoms with Crippen LogP contribution in [-0.4, -0.2) is 5.97 Å². The summed E-state index contributed by atoms with van der Waals surface area (Å²) in [6.45, 7) is 1.25. The maximum absolute atomic E-state index is 12.6. The molecule has 13 heavy (non-hydrogen) atoms. The molecule has 0 saturated carbocycles. The highest BCUT2D eigenvalue weighted by atomic mass is 35.5. The average Bonchev–Trinajstić information content (AvgIpc) is 2.07. The molecule has 0 aliphatic carbocycles. The number of carbonyl (C=O) groups is 1. The van der Waals surface area contributed by atoms with Crippen LogP contribution in [0.3, 0.4) is 0 Å². The molecule has 0 fully saturated rings. The van der Waals surface area contributed by atoms with Gasteiger partial charge >= 0.3 is 5.97 Å². The predicted octanol–water partition coefficient (Wildman–Crippen LogP) is 2.37. The molecule has 0 aliphatic rings. The van der Waals surface area contributed by atoms with E-state index in [9.17, 15) is 9.18 Å². The van der Waals surface area contributed by atoms with E-state index in [0.717, 1.165) is 0 Å². The molecule has 0 atom stereocenters. The van der Waals surface area contributed by atoms with Crippen molar-refractivity contribution in [3.63, 3.8) is 0 Å². The van der Waals surface area contributed by atoms with Gasteiger partial charge in [0.1, 0.15) is 5.82 Å². The molecule has 70 valence electrons. The lowest BCUT2D eigenvalue weighted by molar-refractivity contribution is -0.138. The Bertz CT molecular complexity index is 330. The largest absolute Gasteiger partial charge is 0.344 e. The van der Waals surface area contributed by atoms with Crippen molar-refractivity contribution in [2.24, 2.45) is 0 Å². The fourth-order valence-electron chi connectivity index (χ4n) is 0.690. The number of rotatable bonds is 2. The molecular formula is C8H7ClFNO2. The number of halogens is 2. The molecule has 5 heteroatoms. The minimum Gasteiger partial charge on any atom is -0.344 e. The lowest BCUT2D eigenvalue weighted by Gasteiger charge is -2.04. The van der Waals surface area contributed by atoms with Gasteiger partial charge in [0.15, 0.2) is 0 Å². The highest BCUT2D eigenvalue weighted by Crippen LogP contribution is 2.19. The van der Waals surface area contributed by atoms with E-state index in [1.54, 1.807) is 0 Å². The summed E-state index contributed by atoms with van der Waals surface area (Å²) in [7, 11) is 0. The first-order valence-corrected chi connectivity index (χ1v) is 3.86. The monoisotopic (exact) mass is 203 g/mol. The van der Waals surface area contributed by atoms with E-state index in [-0.39, 0.29) is 5.02 Å². The Balaban J connectivity index is 2.68. The zero-order valence-electron chi connectivity index (χ0n) is 6.80. The molecule has 0 bridgehead atoms. The molecular weight excluding hydrogens is 197 g/mol. The number of nitrogens with one attached hydrogen (secondary N) is 1. The van der Waals surface area contributed by atoms with Gasteiger partial charge in [-0.05, 0) is 18.2 Å². The van der Waals surface area contributed by atoms with E-state index in [4.69, 9.17) is 11.6 Å². The minimum absolute atomic E-state index is 0.0304. The van der Waals surface area contributed by atoms with Crippen LogP contribution in [0.1, 0.15) is 6.92 Å². The van der Waals surface area contributed by atoms with E-state index in [0.29, 0.717) is 5.69 Å². The van der Waals surface area contributed by atoms with Gasteiger partial charge in [0.2, 0.25) is 0 Å². The average molecular weight is 204 g/mol. The van der Waals surface area contributed by atoms with Gasteiger partial charge in [-0.1, -0.05) is 11.6 Å². The Kier molecular flexibility index (Phi) is 3.08. The first-order chi connectivity index (χ1) is 6.09. The smallest absolute Gasteiger partial charge is 0.329 e. The Morgan fingerprint density at radius 1 is 1.62 bits per heavy atom. The SMILES string of the molecule is CC(=O)ONc1ccc(F)c(Cl)c1. The summed E-state index contributed by atoms with van der Waals surface area (Å²) in [5.41, 5.74) is 2.73. The Morgan fingerprint density at radius 3 is 2.85 bits per heavy atom. The molecule has 0 spiro atoms. The van der Waals surface area contributed by atoms with Crippen LogP contribution < -0.4 is 5.48 Å². The van der Waals surface area contributed by atoms with Crippen LogP contribution in [0.25, 0.3) is 0 Å². The second-order valence-corrected chi connectivity index (χ2v) is 2.73. The second-order valence-electron chi connectivity index (χ2n) is 2.32. The van der Waals surface area contributed by atoms with Gasteiger partial charge in [0.25, 0.3) is 0 Å². The molecule has 3 nitrogen and oxygen atoms in total. The molecule has 1 N–H and O–H groups in total. The van der Waals surface area contributed by atoms with Gasteiger partial charge in [-0.3, -0.25) is 4.79 Å². The lowest BCUT2D eigenvalue weighted by atomic mass is 10.3. The predicted molar refractivity (Wildman–Crippen MR) is 46.8 cm³/mol. The van der Waals surface area contributed by atoms with Crippen molar-refractivity contribution in [2.75, 3.05) is 5.48 Å². The molecule has 0 amide bonds. The van der Waals surface area contributed by atoms with Crippen LogP contribution in [0, 0.1) is 5.82 Å². The fourth-order valence-corrected chi connectivity index (χ4v) is 0.871. The molecule has 0 unspecified atom stereocenters. The maximum Gasteiger partial charge on any atom is 0.329 e. The summed E-state index contributed by atoms with van der Waals surface area (Å²) in [5.74, 6) is -1.00. The first-order valence-electron chi connectivity index (χ1n) is 3.48. The Morgan fingerprint density at radius 2 is 2.31 bits per heavy atom. The van der Waals surface area contributed by atoms with Crippen LogP contribution in [-0.2, 0) is 9.63 Å². The maximum atomic E-state index is 12.6. The third-order valence-electron chi connectivity index (χ3n) is 1.23. The molecule has 0 saturated heterocycles. The standard InChI is InChI=1S/C8H7ClFNO2/c1-5(12)13-11-6-2-3-8(10)7(9)4-6/h2-4,11H,1H3. The van der Waals surface area contributed by atoms with Crippen molar-refractivity contribution in [1.29, 1.82) is 0 Å². The van der Waals surface area contributed by atoms with E-state index >= 15 is 0 Å². The Labute approximate surface area is 79.4 Å². The van der Waals surface area contributed by atoms with Crippen molar-refractivity contribution < 1.29 is 14.0 Å². The van der Waals surface area contributed by atoms with Crippen molar-refractivity contribution in [1.82, 2.24) is 0 Å². The van der Waals surface area contributed by atoms with Crippen molar-refractivity contribution in [3.8, 4) is 0 Å². The van der Waals surface area contributed by atoms with Crippen LogP contribution in [0.5, 0.6) is 0 Å². The normalized spacial score (nSPS) is 9.46. The molecule has 0 radical (unpaired) electrons. The third-order valence-corrected chi connectivity index (χ3v) is 1.52. The molecule has 1 rings (SSSR count). The number of carbonyl (C=O) groups excluding carboxylic acids is 1. The summed E-state index contributed by atoms with van der Waals surface area (Å²) >= 11 is 5.47. The summed E-state index contributed by atoms with van der Waals surface area (Å²) in [6.07, 6.45) is 0. The highest BCUT2D eigenvalue weighted by Gasteiger charge is 2.01. The van der Waals surface area contributed by atoms with Gasteiger partial charge in [-0.15, -0.1) is 0 Å². The van der Waals surface area contributed by atoms with Crippen molar-refractivity contribution in [2.45, 2.75) is 6.92 Å². The minimum atomic E-state index is -0.518.